The van der Waals surface area contributed by atoms with Gasteiger partial charge in [-0.15, -0.1) is 0 Å². The van der Waals surface area contributed by atoms with E-state index in [1.807, 2.05) is 11.8 Å². The zero-order valence-corrected chi connectivity index (χ0v) is 19.2. The number of aromatic nitrogens is 1. The number of ketones is 1. The van der Waals surface area contributed by atoms with Gasteiger partial charge in [-0.3, -0.25) is 14.5 Å². The molecule has 7 heteroatoms. The van der Waals surface area contributed by atoms with E-state index in [1.54, 1.807) is 13.0 Å². The minimum absolute atomic E-state index is 0.0873. The Bertz CT molecular complexity index is 996. The van der Waals surface area contributed by atoms with Crippen molar-refractivity contribution in [2.45, 2.75) is 65.5 Å². The van der Waals surface area contributed by atoms with Crippen LogP contribution in [-0.4, -0.2) is 52.2 Å². The highest BCUT2D eigenvalue weighted by Crippen LogP contribution is 2.28. The first-order valence-electron chi connectivity index (χ1n) is 11.6. The number of rotatable bonds is 6. The number of hydrogen-bond donors (Lipinski definition) is 0. The number of oxazole rings is 1. The Labute approximate surface area is 188 Å². The fourth-order valence-corrected chi connectivity index (χ4v) is 5.13. The van der Waals surface area contributed by atoms with Crippen LogP contribution < -0.4 is 0 Å². The number of benzene rings is 1. The maximum atomic E-state index is 14.4. The summed E-state index contributed by atoms with van der Waals surface area (Å²) in [6, 6.07) is 3.14. The minimum Gasteiger partial charge on any atom is -0.448 e. The van der Waals surface area contributed by atoms with Crippen LogP contribution in [0.2, 0.25) is 0 Å². The molecule has 0 bridgehead atoms. The molecule has 1 atom stereocenters. The molecule has 1 aromatic carbocycles. The molecule has 4 rings (SSSR count). The van der Waals surface area contributed by atoms with Gasteiger partial charge in [0, 0.05) is 44.6 Å². The van der Waals surface area contributed by atoms with E-state index in [2.05, 4.69) is 16.8 Å². The number of halogens is 1. The van der Waals surface area contributed by atoms with Crippen molar-refractivity contribution in [3.63, 3.8) is 0 Å². The monoisotopic (exact) mass is 441 g/mol. The smallest absolute Gasteiger partial charge is 0.226 e. The molecule has 2 aromatic rings. The number of hydrogen-bond acceptors (Lipinski definition) is 5. The van der Waals surface area contributed by atoms with Crippen LogP contribution in [0.15, 0.2) is 22.9 Å². The fourth-order valence-electron chi connectivity index (χ4n) is 5.13. The van der Waals surface area contributed by atoms with E-state index in [1.165, 1.54) is 12.5 Å². The largest absolute Gasteiger partial charge is 0.448 e. The SMILES string of the molecule is Cc1ocnc1C(=O)Cc1cc(F)cc(CN2CCN(C(=O)C3CCCC3)[C@@H](C)C2)c1C. The average Bonchev–Trinajstić information content (AvgIpc) is 3.43. The molecule has 6 nitrogen and oxygen atoms in total. The first-order valence-corrected chi connectivity index (χ1v) is 11.6. The van der Waals surface area contributed by atoms with Gasteiger partial charge in [0.2, 0.25) is 5.91 Å². The highest BCUT2D eigenvalue weighted by atomic mass is 19.1. The molecule has 1 aliphatic heterocycles. The van der Waals surface area contributed by atoms with Crippen molar-refractivity contribution in [1.29, 1.82) is 0 Å². The van der Waals surface area contributed by atoms with Crippen molar-refractivity contribution in [3.05, 3.63) is 52.5 Å². The van der Waals surface area contributed by atoms with Gasteiger partial charge >= 0.3 is 0 Å². The third-order valence-electron chi connectivity index (χ3n) is 7.04. The summed E-state index contributed by atoms with van der Waals surface area (Å²) in [6.07, 6.45) is 5.69. The van der Waals surface area contributed by atoms with Crippen molar-refractivity contribution >= 4 is 11.7 Å². The molecule has 1 aliphatic carbocycles. The molecular formula is C25H32FN3O3. The van der Waals surface area contributed by atoms with Crippen LogP contribution in [0.5, 0.6) is 0 Å². The van der Waals surface area contributed by atoms with Crippen molar-refractivity contribution in [3.8, 4) is 0 Å². The molecule has 0 spiro atoms. The number of carbonyl (C=O) groups excluding carboxylic acids is 2. The van der Waals surface area contributed by atoms with E-state index < -0.39 is 0 Å². The molecule has 0 unspecified atom stereocenters. The first kappa shape index (κ1) is 22.6. The van der Waals surface area contributed by atoms with Crippen LogP contribution in [0.25, 0.3) is 0 Å². The van der Waals surface area contributed by atoms with Crippen LogP contribution in [0.1, 0.15) is 65.5 Å². The predicted molar refractivity (Wildman–Crippen MR) is 119 cm³/mol. The third-order valence-corrected chi connectivity index (χ3v) is 7.04. The molecule has 2 fully saturated rings. The summed E-state index contributed by atoms with van der Waals surface area (Å²) in [5.74, 6) is 0.462. The van der Waals surface area contributed by atoms with Crippen molar-refractivity contribution < 1.29 is 18.4 Å². The lowest BCUT2D eigenvalue weighted by Gasteiger charge is -2.41. The van der Waals surface area contributed by atoms with Gasteiger partial charge in [0.15, 0.2) is 12.2 Å². The Balaban J connectivity index is 1.43. The molecule has 32 heavy (non-hydrogen) atoms. The lowest BCUT2D eigenvalue weighted by Crippen LogP contribution is -2.54. The second-order valence-electron chi connectivity index (χ2n) is 9.30. The summed E-state index contributed by atoms with van der Waals surface area (Å²) < 4.78 is 19.6. The maximum absolute atomic E-state index is 14.4. The van der Waals surface area contributed by atoms with E-state index in [-0.39, 0.29) is 30.0 Å². The zero-order chi connectivity index (χ0) is 22.8. The molecule has 1 saturated heterocycles. The van der Waals surface area contributed by atoms with Crippen LogP contribution >= 0.6 is 0 Å². The Hall–Kier alpha value is -2.54. The number of piperazine rings is 1. The second kappa shape index (κ2) is 9.53. The number of amides is 1. The molecule has 172 valence electrons. The van der Waals surface area contributed by atoms with Gasteiger partial charge in [-0.25, -0.2) is 9.37 Å². The van der Waals surface area contributed by atoms with Gasteiger partial charge in [-0.05, 0) is 62.4 Å². The van der Waals surface area contributed by atoms with Crippen LogP contribution in [0, 0.1) is 25.6 Å². The molecule has 1 amide bonds. The van der Waals surface area contributed by atoms with Gasteiger partial charge in [-0.2, -0.15) is 0 Å². The normalized spacial score (nSPS) is 20.1. The summed E-state index contributed by atoms with van der Waals surface area (Å²) >= 11 is 0. The van der Waals surface area contributed by atoms with E-state index in [0.717, 1.165) is 49.9 Å². The second-order valence-corrected chi connectivity index (χ2v) is 9.30. The van der Waals surface area contributed by atoms with Gasteiger partial charge in [0.25, 0.3) is 0 Å². The molecule has 0 N–H and O–H groups in total. The van der Waals surface area contributed by atoms with E-state index in [9.17, 15) is 14.0 Å². The molecule has 1 aromatic heterocycles. The first-order chi connectivity index (χ1) is 15.3. The van der Waals surface area contributed by atoms with E-state index in [4.69, 9.17) is 4.42 Å². The van der Waals surface area contributed by atoms with E-state index >= 15 is 0 Å². The molecule has 2 heterocycles. The summed E-state index contributed by atoms with van der Waals surface area (Å²) in [6.45, 7) is 8.58. The lowest BCUT2D eigenvalue weighted by molar-refractivity contribution is -0.140. The molecule has 1 saturated carbocycles. The third kappa shape index (κ3) is 4.77. The van der Waals surface area contributed by atoms with Crippen molar-refractivity contribution in [2.24, 2.45) is 5.92 Å². The molecule has 0 radical (unpaired) electrons. The highest BCUT2D eigenvalue weighted by molar-refractivity contribution is 5.96. The summed E-state index contributed by atoms with van der Waals surface area (Å²) in [7, 11) is 0. The number of Topliss-reactive ketones (excluding diaryl/α,β-unsaturated/α-hetero) is 1. The van der Waals surface area contributed by atoms with Gasteiger partial charge in [-0.1, -0.05) is 12.8 Å². The highest BCUT2D eigenvalue weighted by Gasteiger charge is 2.33. The predicted octanol–water partition coefficient (Wildman–Crippen LogP) is 4.08. The Kier molecular flexibility index (Phi) is 6.74. The van der Waals surface area contributed by atoms with Gasteiger partial charge in [0.05, 0.1) is 0 Å². The standard InChI is InChI=1S/C25H32FN3O3/c1-16-13-28(8-9-29(16)25(31)19-6-4-5-7-19)14-21-11-22(26)10-20(17(21)2)12-23(30)24-18(3)32-15-27-24/h10-11,15-16,19H,4-9,12-14H2,1-3H3/t16-/m0/s1. The molecule has 2 aliphatic rings. The van der Waals surface area contributed by atoms with Gasteiger partial charge < -0.3 is 9.32 Å². The van der Waals surface area contributed by atoms with Crippen molar-refractivity contribution in [2.75, 3.05) is 19.6 Å². The minimum atomic E-state index is -0.339. The average molecular weight is 442 g/mol. The lowest BCUT2D eigenvalue weighted by atomic mass is 9.96. The number of aryl methyl sites for hydroxylation is 1. The summed E-state index contributed by atoms with van der Waals surface area (Å²) in [4.78, 5) is 33.8. The zero-order valence-electron chi connectivity index (χ0n) is 19.2. The summed E-state index contributed by atoms with van der Waals surface area (Å²) in [5, 5.41) is 0. The van der Waals surface area contributed by atoms with E-state index in [0.29, 0.717) is 36.0 Å². The van der Waals surface area contributed by atoms with Crippen LogP contribution in [-0.2, 0) is 17.8 Å². The Morgan fingerprint density at radius 1 is 1.16 bits per heavy atom. The number of nitrogens with zero attached hydrogens (tertiary/aromatic N) is 3. The quantitative estimate of drug-likeness (QED) is 0.632. The fraction of sp³-hybridized carbons (Fsp3) is 0.560. The Morgan fingerprint density at radius 2 is 1.88 bits per heavy atom. The number of carbonyl (C=O) groups is 2. The van der Waals surface area contributed by atoms with Gasteiger partial charge in [0.1, 0.15) is 17.3 Å². The maximum Gasteiger partial charge on any atom is 0.226 e. The summed E-state index contributed by atoms with van der Waals surface area (Å²) in [5.41, 5.74) is 2.79. The van der Waals surface area contributed by atoms with Crippen molar-refractivity contribution in [1.82, 2.24) is 14.8 Å². The Morgan fingerprint density at radius 3 is 2.53 bits per heavy atom. The van der Waals surface area contributed by atoms with Crippen LogP contribution in [0.3, 0.4) is 0 Å². The van der Waals surface area contributed by atoms with Crippen LogP contribution in [0.4, 0.5) is 4.39 Å². The topological polar surface area (TPSA) is 66.7 Å². The molecular weight excluding hydrogens is 409 g/mol.